The number of esters is 1. The van der Waals surface area contributed by atoms with Crippen molar-refractivity contribution in [3.05, 3.63) is 0 Å². The smallest absolute Gasteiger partial charge is 0.309 e. The normalized spacial score (nSPS) is 14.7. The van der Waals surface area contributed by atoms with Crippen LogP contribution >= 0.6 is 11.8 Å². The van der Waals surface area contributed by atoms with Crippen molar-refractivity contribution in [1.82, 2.24) is 5.32 Å². The second-order valence-electron chi connectivity index (χ2n) is 3.69. The van der Waals surface area contributed by atoms with E-state index < -0.39 is 0 Å². The van der Waals surface area contributed by atoms with E-state index in [4.69, 9.17) is 4.74 Å². The molecule has 0 aromatic rings. The lowest BCUT2D eigenvalue weighted by atomic mass is 10.2. The van der Waals surface area contributed by atoms with Crippen LogP contribution < -0.4 is 5.32 Å². The predicted octanol–water partition coefficient (Wildman–Crippen LogP) is 1.92. The van der Waals surface area contributed by atoms with Crippen molar-refractivity contribution in [2.75, 3.05) is 26.0 Å². The Hall–Kier alpha value is -0.220. The highest BCUT2D eigenvalue weighted by Gasteiger charge is 2.12. The number of ether oxygens (including phenoxy) is 1. The van der Waals surface area contributed by atoms with Gasteiger partial charge >= 0.3 is 5.97 Å². The summed E-state index contributed by atoms with van der Waals surface area (Å²) in [4.78, 5) is 11.3. The fourth-order valence-corrected chi connectivity index (χ4v) is 1.46. The van der Waals surface area contributed by atoms with Crippen LogP contribution in [0.15, 0.2) is 0 Å². The molecule has 90 valence electrons. The molecule has 4 heteroatoms. The van der Waals surface area contributed by atoms with E-state index in [2.05, 4.69) is 18.5 Å². The average molecular weight is 233 g/mol. The van der Waals surface area contributed by atoms with Gasteiger partial charge in [0, 0.05) is 11.8 Å². The van der Waals surface area contributed by atoms with Crippen LogP contribution in [0.25, 0.3) is 0 Å². The van der Waals surface area contributed by atoms with E-state index in [9.17, 15) is 4.79 Å². The van der Waals surface area contributed by atoms with Crippen LogP contribution in [0.1, 0.15) is 27.2 Å². The molecule has 0 saturated heterocycles. The Kier molecular flexibility index (Phi) is 8.91. The highest BCUT2D eigenvalue weighted by atomic mass is 32.2. The lowest BCUT2D eigenvalue weighted by Crippen LogP contribution is -2.29. The molecule has 0 aromatic heterocycles. The molecule has 0 aliphatic carbocycles. The molecular formula is C11H23NO2S. The van der Waals surface area contributed by atoms with Crippen LogP contribution in [0.3, 0.4) is 0 Å². The standard InChI is InChI=1S/C11H23NO2S/c1-5-14-11(13)9(2)8-12-7-6-10(3)15-4/h9-10,12H,5-8H2,1-4H3. The summed E-state index contributed by atoms with van der Waals surface area (Å²) in [7, 11) is 0. The van der Waals surface area contributed by atoms with E-state index in [0.29, 0.717) is 18.4 Å². The second kappa shape index (κ2) is 9.04. The molecule has 15 heavy (non-hydrogen) atoms. The van der Waals surface area contributed by atoms with Crippen molar-refractivity contribution in [2.24, 2.45) is 5.92 Å². The minimum Gasteiger partial charge on any atom is -0.466 e. The number of carbonyl (C=O) groups excluding carboxylic acids is 1. The quantitative estimate of drug-likeness (QED) is 0.513. The van der Waals surface area contributed by atoms with Crippen molar-refractivity contribution in [2.45, 2.75) is 32.4 Å². The molecule has 0 saturated carbocycles. The van der Waals surface area contributed by atoms with Crippen molar-refractivity contribution in [3.8, 4) is 0 Å². The van der Waals surface area contributed by atoms with Crippen LogP contribution in [-0.2, 0) is 9.53 Å². The Morgan fingerprint density at radius 3 is 2.67 bits per heavy atom. The maximum absolute atomic E-state index is 11.3. The number of hydrogen-bond acceptors (Lipinski definition) is 4. The molecule has 0 fully saturated rings. The van der Waals surface area contributed by atoms with Crippen LogP contribution in [0, 0.1) is 5.92 Å². The highest BCUT2D eigenvalue weighted by Crippen LogP contribution is 2.08. The Bertz CT molecular complexity index is 176. The summed E-state index contributed by atoms with van der Waals surface area (Å²) in [6, 6.07) is 0. The third kappa shape index (κ3) is 7.68. The molecule has 0 bridgehead atoms. The molecule has 0 aliphatic heterocycles. The summed E-state index contributed by atoms with van der Waals surface area (Å²) in [5, 5.41) is 3.95. The summed E-state index contributed by atoms with van der Waals surface area (Å²) >= 11 is 1.87. The predicted molar refractivity (Wildman–Crippen MR) is 66.3 cm³/mol. The largest absolute Gasteiger partial charge is 0.466 e. The molecule has 0 spiro atoms. The number of carbonyl (C=O) groups is 1. The molecule has 0 heterocycles. The molecule has 0 rings (SSSR count). The van der Waals surface area contributed by atoms with E-state index in [-0.39, 0.29) is 11.9 Å². The fraction of sp³-hybridized carbons (Fsp3) is 0.909. The van der Waals surface area contributed by atoms with Crippen LogP contribution in [-0.4, -0.2) is 37.2 Å². The first-order chi connectivity index (χ1) is 7.11. The molecule has 2 unspecified atom stereocenters. The van der Waals surface area contributed by atoms with Crippen LogP contribution in [0.4, 0.5) is 0 Å². The molecule has 2 atom stereocenters. The van der Waals surface area contributed by atoms with Gasteiger partial charge in [-0.05, 0) is 26.1 Å². The molecule has 3 nitrogen and oxygen atoms in total. The third-order valence-corrected chi connectivity index (χ3v) is 3.31. The van der Waals surface area contributed by atoms with Crippen molar-refractivity contribution < 1.29 is 9.53 Å². The molecule has 0 aromatic carbocycles. The maximum Gasteiger partial charge on any atom is 0.309 e. The Morgan fingerprint density at radius 1 is 1.47 bits per heavy atom. The summed E-state index contributed by atoms with van der Waals surface area (Å²) < 4.78 is 4.92. The second-order valence-corrected chi connectivity index (χ2v) is 4.97. The van der Waals surface area contributed by atoms with Gasteiger partial charge in [0.25, 0.3) is 0 Å². The average Bonchev–Trinajstić information content (AvgIpc) is 2.23. The van der Waals surface area contributed by atoms with Gasteiger partial charge in [0.05, 0.1) is 12.5 Å². The lowest BCUT2D eigenvalue weighted by Gasteiger charge is -2.12. The van der Waals surface area contributed by atoms with E-state index in [1.807, 2.05) is 25.6 Å². The molecular weight excluding hydrogens is 210 g/mol. The van der Waals surface area contributed by atoms with Crippen molar-refractivity contribution in [3.63, 3.8) is 0 Å². The zero-order valence-corrected chi connectivity index (χ0v) is 11.0. The molecule has 0 aliphatic rings. The number of rotatable bonds is 8. The SMILES string of the molecule is CCOC(=O)C(C)CNCCC(C)SC. The van der Waals surface area contributed by atoms with Gasteiger partial charge in [-0.25, -0.2) is 0 Å². The van der Waals surface area contributed by atoms with E-state index >= 15 is 0 Å². The maximum atomic E-state index is 11.3. The van der Waals surface area contributed by atoms with Gasteiger partial charge in [0.2, 0.25) is 0 Å². The van der Waals surface area contributed by atoms with Gasteiger partial charge in [-0.2, -0.15) is 11.8 Å². The third-order valence-electron chi connectivity index (χ3n) is 2.27. The molecule has 0 amide bonds. The number of nitrogens with one attached hydrogen (secondary N) is 1. The van der Waals surface area contributed by atoms with Gasteiger partial charge in [0.15, 0.2) is 0 Å². The van der Waals surface area contributed by atoms with Gasteiger partial charge in [-0.15, -0.1) is 0 Å². The topological polar surface area (TPSA) is 38.3 Å². The Labute approximate surface area is 97.3 Å². The van der Waals surface area contributed by atoms with Gasteiger partial charge in [0.1, 0.15) is 0 Å². The van der Waals surface area contributed by atoms with Crippen LogP contribution in [0.2, 0.25) is 0 Å². The van der Waals surface area contributed by atoms with Gasteiger partial charge < -0.3 is 10.1 Å². The summed E-state index contributed by atoms with van der Waals surface area (Å²) in [5.74, 6) is -0.155. The summed E-state index contributed by atoms with van der Waals surface area (Å²) in [5.41, 5.74) is 0. The summed E-state index contributed by atoms with van der Waals surface area (Å²) in [6.07, 6.45) is 3.25. The molecule has 1 N–H and O–H groups in total. The summed E-state index contributed by atoms with van der Waals surface area (Å²) in [6.45, 7) is 8.07. The minimum absolute atomic E-state index is 0.0467. The van der Waals surface area contributed by atoms with E-state index in [1.54, 1.807) is 0 Å². The highest BCUT2D eigenvalue weighted by molar-refractivity contribution is 7.99. The Balaban J connectivity index is 3.46. The number of hydrogen-bond donors (Lipinski definition) is 1. The first-order valence-electron chi connectivity index (χ1n) is 5.51. The minimum atomic E-state index is -0.108. The molecule has 0 radical (unpaired) electrons. The van der Waals surface area contributed by atoms with E-state index in [0.717, 1.165) is 13.0 Å². The zero-order chi connectivity index (χ0) is 11.7. The van der Waals surface area contributed by atoms with Crippen molar-refractivity contribution >= 4 is 17.7 Å². The van der Waals surface area contributed by atoms with Crippen molar-refractivity contribution in [1.29, 1.82) is 0 Å². The number of thioether (sulfide) groups is 1. The lowest BCUT2D eigenvalue weighted by molar-refractivity contribution is -0.147. The monoisotopic (exact) mass is 233 g/mol. The Morgan fingerprint density at radius 2 is 2.13 bits per heavy atom. The van der Waals surface area contributed by atoms with Gasteiger partial charge in [-0.3, -0.25) is 4.79 Å². The zero-order valence-electron chi connectivity index (χ0n) is 10.2. The first kappa shape index (κ1) is 14.8. The first-order valence-corrected chi connectivity index (χ1v) is 6.80. The van der Waals surface area contributed by atoms with E-state index in [1.165, 1.54) is 0 Å². The van der Waals surface area contributed by atoms with Crippen LogP contribution in [0.5, 0.6) is 0 Å². The van der Waals surface area contributed by atoms with Gasteiger partial charge in [-0.1, -0.05) is 13.8 Å². The fourth-order valence-electron chi connectivity index (χ4n) is 1.11.